The molecule has 1 unspecified atom stereocenters. The molecule has 0 radical (unpaired) electrons. The van der Waals surface area contributed by atoms with Crippen LogP contribution in [0.1, 0.15) is 25.3 Å². The zero-order valence-corrected chi connectivity index (χ0v) is 9.23. The lowest BCUT2D eigenvalue weighted by Gasteiger charge is -2.22. The fourth-order valence-electron chi connectivity index (χ4n) is 1.90. The van der Waals surface area contributed by atoms with Crippen molar-refractivity contribution in [3.05, 3.63) is 23.8 Å². The zero-order valence-electron chi connectivity index (χ0n) is 9.23. The molecule has 1 heterocycles. The van der Waals surface area contributed by atoms with Crippen LogP contribution in [0.4, 0.5) is 0 Å². The van der Waals surface area contributed by atoms with Gasteiger partial charge in [-0.05, 0) is 23.6 Å². The summed E-state index contributed by atoms with van der Waals surface area (Å²) in [6.45, 7) is 3.90. The van der Waals surface area contributed by atoms with Crippen LogP contribution in [0, 0.1) is 5.92 Å². The van der Waals surface area contributed by atoms with Gasteiger partial charge in [-0.25, -0.2) is 0 Å². The number of hydrogen-bond donors (Lipinski definition) is 0. The molecular weight excluding hydrogens is 208 g/mol. The SMILES string of the molecule is CC(C)C(C(=O)[O-])c1ccc2c(c1)OCO2. The number of aliphatic carboxylic acids is 1. The molecular formula is C12H13O4-. The van der Waals surface area contributed by atoms with Gasteiger partial charge < -0.3 is 19.4 Å². The maximum atomic E-state index is 11.1. The Bertz CT molecular complexity index is 411. The van der Waals surface area contributed by atoms with Gasteiger partial charge in [0.25, 0.3) is 0 Å². The number of carbonyl (C=O) groups excluding carboxylic acids is 1. The second-order valence-electron chi connectivity index (χ2n) is 4.15. The minimum absolute atomic E-state index is 0.0228. The number of carboxylic acid groups (broad SMARTS) is 1. The van der Waals surface area contributed by atoms with E-state index in [4.69, 9.17) is 9.47 Å². The maximum absolute atomic E-state index is 11.1. The first kappa shape index (κ1) is 10.8. The summed E-state index contributed by atoms with van der Waals surface area (Å²) in [5.74, 6) is -0.442. The lowest BCUT2D eigenvalue weighted by Crippen LogP contribution is -2.32. The molecule has 1 atom stereocenters. The average Bonchev–Trinajstić information content (AvgIpc) is 2.63. The highest BCUT2D eigenvalue weighted by Gasteiger charge is 2.21. The highest BCUT2D eigenvalue weighted by molar-refractivity contribution is 5.74. The molecule has 0 aliphatic carbocycles. The third kappa shape index (κ3) is 1.83. The molecule has 86 valence electrons. The Labute approximate surface area is 93.8 Å². The normalized spacial score (nSPS) is 15.2. The van der Waals surface area contributed by atoms with Crippen LogP contribution in [0.15, 0.2) is 18.2 Å². The Morgan fingerprint density at radius 2 is 2.00 bits per heavy atom. The zero-order chi connectivity index (χ0) is 11.7. The van der Waals surface area contributed by atoms with E-state index < -0.39 is 11.9 Å². The molecule has 1 aliphatic rings. The predicted molar refractivity (Wildman–Crippen MR) is 55.2 cm³/mol. The van der Waals surface area contributed by atoms with Crippen molar-refractivity contribution >= 4 is 5.97 Å². The van der Waals surface area contributed by atoms with Gasteiger partial charge in [0.1, 0.15) is 0 Å². The number of carbonyl (C=O) groups is 1. The largest absolute Gasteiger partial charge is 0.549 e. The highest BCUT2D eigenvalue weighted by atomic mass is 16.7. The maximum Gasteiger partial charge on any atom is 0.231 e. The van der Waals surface area contributed by atoms with E-state index in [0.717, 1.165) is 0 Å². The van der Waals surface area contributed by atoms with E-state index in [9.17, 15) is 9.90 Å². The van der Waals surface area contributed by atoms with Gasteiger partial charge in [0.15, 0.2) is 11.5 Å². The van der Waals surface area contributed by atoms with Crippen LogP contribution in [0.3, 0.4) is 0 Å². The summed E-state index contributed by atoms with van der Waals surface area (Å²) in [5, 5.41) is 11.1. The molecule has 0 amide bonds. The molecule has 0 bridgehead atoms. The van der Waals surface area contributed by atoms with Crippen molar-refractivity contribution in [1.82, 2.24) is 0 Å². The molecule has 0 saturated carbocycles. The average molecular weight is 221 g/mol. The lowest BCUT2D eigenvalue weighted by molar-refractivity contribution is -0.309. The summed E-state index contributed by atoms with van der Waals surface area (Å²) in [6, 6.07) is 5.19. The minimum atomic E-state index is -1.06. The number of rotatable bonds is 3. The molecule has 0 aromatic heterocycles. The molecule has 0 saturated heterocycles. The summed E-state index contributed by atoms with van der Waals surface area (Å²) in [7, 11) is 0. The quantitative estimate of drug-likeness (QED) is 0.761. The Hall–Kier alpha value is -1.71. The van der Waals surface area contributed by atoms with E-state index in [1.54, 1.807) is 18.2 Å². The van der Waals surface area contributed by atoms with Gasteiger partial charge in [-0.15, -0.1) is 0 Å². The van der Waals surface area contributed by atoms with Gasteiger partial charge in [-0.2, -0.15) is 0 Å². The lowest BCUT2D eigenvalue weighted by atomic mass is 9.88. The van der Waals surface area contributed by atoms with Crippen LogP contribution in [0.5, 0.6) is 11.5 Å². The van der Waals surface area contributed by atoms with Gasteiger partial charge in [0.05, 0.1) is 0 Å². The number of carboxylic acids is 1. The Balaban J connectivity index is 2.35. The number of benzene rings is 1. The van der Waals surface area contributed by atoms with E-state index in [0.29, 0.717) is 17.1 Å². The molecule has 0 spiro atoms. The number of ether oxygens (including phenoxy) is 2. The van der Waals surface area contributed by atoms with Crippen LogP contribution < -0.4 is 14.6 Å². The van der Waals surface area contributed by atoms with E-state index in [2.05, 4.69) is 0 Å². The number of fused-ring (bicyclic) bond motifs is 1. The van der Waals surface area contributed by atoms with E-state index in [1.807, 2.05) is 13.8 Å². The molecule has 0 N–H and O–H groups in total. The molecule has 1 aromatic carbocycles. The summed E-state index contributed by atoms with van der Waals surface area (Å²) < 4.78 is 10.4. The predicted octanol–water partition coefficient (Wildman–Crippen LogP) is 0.905. The molecule has 4 nitrogen and oxygen atoms in total. The van der Waals surface area contributed by atoms with Crippen LogP contribution >= 0.6 is 0 Å². The molecule has 0 fully saturated rings. The first-order chi connectivity index (χ1) is 7.59. The standard InChI is InChI=1S/C12H14O4/c1-7(2)11(12(13)14)8-3-4-9-10(5-8)16-6-15-9/h3-5,7,11H,6H2,1-2H3,(H,13,14)/p-1. The van der Waals surface area contributed by atoms with Gasteiger partial charge >= 0.3 is 0 Å². The van der Waals surface area contributed by atoms with Gasteiger partial charge in [-0.3, -0.25) is 0 Å². The second kappa shape index (κ2) is 4.04. The van der Waals surface area contributed by atoms with Crippen molar-refractivity contribution in [1.29, 1.82) is 0 Å². The van der Waals surface area contributed by atoms with Gasteiger partial charge in [-0.1, -0.05) is 19.9 Å². The molecule has 1 aliphatic heterocycles. The van der Waals surface area contributed by atoms with Crippen LogP contribution in [0.25, 0.3) is 0 Å². The van der Waals surface area contributed by atoms with E-state index >= 15 is 0 Å². The first-order valence-electron chi connectivity index (χ1n) is 5.20. The molecule has 4 heteroatoms. The Morgan fingerprint density at radius 3 is 2.62 bits per heavy atom. The van der Waals surface area contributed by atoms with Crippen molar-refractivity contribution in [2.24, 2.45) is 5.92 Å². The van der Waals surface area contributed by atoms with Crippen LogP contribution in [-0.2, 0) is 4.79 Å². The first-order valence-corrected chi connectivity index (χ1v) is 5.20. The van der Waals surface area contributed by atoms with Gasteiger partial charge in [0.2, 0.25) is 6.79 Å². The van der Waals surface area contributed by atoms with Crippen molar-refractivity contribution in [2.75, 3.05) is 6.79 Å². The van der Waals surface area contributed by atoms with Crippen molar-refractivity contribution in [3.63, 3.8) is 0 Å². The highest BCUT2D eigenvalue weighted by Crippen LogP contribution is 2.36. The third-order valence-corrected chi connectivity index (χ3v) is 2.68. The van der Waals surface area contributed by atoms with Crippen molar-refractivity contribution < 1.29 is 19.4 Å². The molecule has 16 heavy (non-hydrogen) atoms. The summed E-state index contributed by atoms with van der Waals surface area (Å²) >= 11 is 0. The van der Waals surface area contributed by atoms with Crippen LogP contribution in [0.2, 0.25) is 0 Å². The van der Waals surface area contributed by atoms with Crippen molar-refractivity contribution in [3.8, 4) is 11.5 Å². The fourth-order valence-corrected chi connectivity index (χ4v) is 1.90. The van der Waals surface area contributed by atoms with E-state index in [-0.39, 0.29) is 12.7 Å². The third-order valence-electron chi connectivity index (χ3n) is 2.68. The minimum Gasteiger partial charge on any atom is -0.549 e. The smallest absolute Gasteiger partial charge is 0.231 e. The van der Waals surface area contributed by atoms with Gasteiger partial charge in [0, 0.05) is 11.9 Å². The summed E-state index contributed by atoms with van der Waals surface area (Å²) in [4.78, 5) is 11.1. The Kier molecular flexibility index (Phi) is 2.73. The molecule has 1 aromatic rings. The molecule has 2 rings (SSSR count). The topological polar surface area (TPSA) is 58.6 Å². The fraction of sp³-hybridized carbons (Fsp3) is 0.417. The van der Waals surface area contributed by atoms with Crippen molar-refractivity contribution in [2.45, 2.75) is 19.8 Å². The number of hydrogen-bond acceptors (Lipinski definition) is 4. The second-order valence-corrected chi connectivity index (χ2v) is 4.15. The Morgan fingerprint density at radius 1 is 1.31 bits per heavy atom. The summed E-state index contributed by atoms with van der Waals surface area (Å²) in [5.41, 5.74) is 0.694. The summed E-state index contributed by atoms with van der Waals surface area (Å²) in [6.07, 6.45) is 0. The monoisotopic (exact) mass is 221 g/mol. The van der Waals surface area contributed by atoms with E-state index in [1.165, 1.54) is 0 Å². The van der Waals surface area contributed by atoms with Crippen LogP contribution in [-0.4, -0.2) is 12.8 Å².